The molecule has 0 radical (unpaired) electrons. The van der Waals surface area contributed by atoms with Crippen molar-refractivity contribution in [2.45, 2.75) is 18.5 Å². The van der Waals surface area contributed by atoms with Crippen LogP contribution in [0.3, 0.4) is 0 Å². The summed E-state index contributed by atoms with van der Waals surface area (Å²) in [5, 5.41) is 3.68. The molecule has 2 unspecified atom stereocenters. The van der Waals surface area contributed by atoms with Gasteiger partial charge in [-0.1, -0.05) is 54.1 Å². The summed E-state index contributed by atoms with van der Waals surface area (Å²) in [7, 11) is 0. The Balaban J connectivity index is 1.46. The van der Waals surface area contributed by atoms with Crippen LogP contribution < -0.4 is 16.2 Å². The SMILES string of the molecule is O=C(NCc1ccccc1)c1cc(C2NNCC2c2cccc(Cl)c2)c[nH]1. The number of nitrogens with one attached hydrogen (secondary N) is 4. The molecule has 4 N–H and O–H groups in total. The third-order valence-electron chi connectivity index (χ3n) is 4.86. The number of hydrazine groups is 1. The van der Waals surface area contributed by atoms with Crippen LogP contribution in [0, 0.1) is 0 Å². The van der Waals surface area contributed by atoms with E-state index in [0.29, 0.717) is 12.2 Å². The van der Waals surface area contributed by atoms with Gasteiger partial charge in [-0.15, -0.1) is 0 Å². The van der Waals surface area contributed by atoms with E-state index in [1.807, 2.05) is 60.8 Å². The molecule has 1 aromatic heterocycles. The molecule has 1 aliphatic rings. The van der Waals surface area contributed by atoms with Gasteiger partial charge in [0.05, 0.1) is 6.04 Å². The van der Waals surface area contributed by atoms with Crippen molar-refractivity contribution in [1.29, 1.82) is 0 Å². The molecular formula is C21H21ClN4O. The minimum Gasteiger partial charge on any atom is -0.357 e. The number of H-pyrrole nitrogens is 1. The van der Waals surface area contributed by atoms with Gasteiger partial charge in [-0.25, -0.2) is 5.43 Å². The maximum atomic E-state index is 12.4. The lowest BCUT2D eigenvalue weighted by Crippen LogP contribution is -2.25. The van der Waals surface area contributed by atoms with Gasteiger partial charge in [0, 0.05) is 30.2 Å². The first-order chi connectivity index (χ1) is 13.2. The second-order valence-corrected chi connectivity index (χ2v) is 7.12. The number of rotatable bonds is 5. The summed E-state index contributed by atoms with van der Waals surface area (Å²) in [5.74, 6) is 0.120. The molecule has 5 nitrogen and oxygen atoms in total. The lowest BCUT2D eigenvalue weighted by Gasteiger charge is -2.18. The highest BCUT2D eigenvalue weighted by Gasteiger charge is 2.30. The maximum absolute atomic E-state index is 12.4. The molecule has 2 heterocycles. The summed E-state index contributed by atoms with van der Waals surface area (Å²) < 4.78 is 0. The van der Waals surface area contributed by atoms with Crippen LogP contribution >= 0.6 is 11.6 Å². The number of carbonyl (C=O) groups excluding carboxylic acids is 1. The van der Waals surface area contributed by atoms with Gasteiger partial charge in [-0.2, -0.15) is 0 Å². The van der Waals surface area contributed by atoms with E-state index in [-0.39, 0.29) is 17.9 Å². The van der Waals surface area contributed by atoms with Crippen molar-refractivity contribution in [3.63, 3.8) is 0 Å². The Hall–Kier alpha value is -2.60. The van der Waals surface area contributed by atoms with E-state index in [9.17, 15) is 4.79 Å². The van der Waals surface area contributed by atoms with Crippen molar-refractivity contribution in [3.05, 3.63) is 94.3 Å². The zero-order valence-corrected chi connectivity index (χ0v) is 15.5. The fraction of sp³-hybridized carbons (Fsp3) is 0.190. The van der Waals surface area contributed by atoms with Crippen LogP contribution in [-0.4, -0.2) is 17.4 Å². The van der Waals surface area contributed by atoms with Crippen LogP contribution in [0.25, 0.3) is 0 Å². The fourth-order valence-electron chi connectivity index (χ4n) is 3.46. The van der Waals surface area contributed by atoms with Gasteiger partial charge >= 0.3 is 0 Å². The van der Waals surface area contributed by atoms with Crippen molar-refractivity contribution in [2.75, 3.05) is 6.54 Å². The summed E-state index contributed by atoms with van der Waals surface area (Å²) in [5.41, 5.74) is 10.4. The lowest BCUT2D eigenvalue weighted by molar-refractivity contribution is 0.0946. The van der Waals surface area contributed by atoms with Crippen molar-refractivity contribution in [2.24, 2.45) is 0 Å². The molecule has 0 saturated carbocycles. The number of amides is 1. The average molecular weight is 381 g/mol. The molecule has 27 heavy (non-hydrogen) atoms. The fourth-order valence-corrected chi connectivity index (χ4v) is 3.65. The van der Waals surface area contributed by atoms with E-state index >= 15 is 0 Å². The Bertz CT molecular complexity index is 925. The lowest BCUT2D eigenvalue weighted by atomic mass is 9.90. The third-order valence-corrected chi connectivity index (χ3v) is 5.10. The van der Waals surface area contributed by atoms with Gasteiger partial charge < -0.3 is 10.3 Å². The number of halogens is 1. The Labute approximate surface area is 163 Å². The highest BCUT2D eigenvalue weighted by Crippen LogP contribution is 2.34. The zero-order valence-electron chi connectivity index (χ0n) is 14.7. The van der Waals surface area contributed by atoms with E-state index < -0.39 is 0 Å². The largest absolute Gasteiger partial charge is 0.357 e. The molecule has 6 heteroatoms. The Morgan fingerprint density at radius 2 is 1.93 bits per heavy atom. The summed E-state index contributed by atoms with van der Waals surface area (Å²) >= 11 is 6.15. The smallest absolute Gasteiger partial charge is 0.267 e. The van der Waals surface area contributed by atoms with Gasteiger partial charge in [0.15, 0.2) is 0 Å². The van der Waals surface area contributed by atoms with Crippen molar-refractivity contribution < 1.29 is 4.79 Å². The summed E-state index contributed by atoms with van der Waals surface area (Å²) in [6.07, 6.45) is 1.89. The van der Waals surface area contributed by atoms with Crippen LogP contribution in [0.2, 0.25) is 5.02 Å². The normalized spacial score (nSPS) is 19.1. The molecule has 138 valence electrons. The van der Waals surface area contributed by atoms with Gasteiger partial charge in [0.1, 0.15) is 5.69 Å². The first kappa shape index (κ1) is 17.8. The predicted octanol–water partition coefficient (Wildman–Crippen LogP) is 3.53. The maximum Gasteiger partial charge on any atom is 0.267 e. The number of hydrogen-bond donors (Lipinski definition) is 4. The molecule has 1 saturated heterocycles. The highest BCUT2D eigenvalue weighted by atomic mass is 35.5. The van der Waals surface area contributed by atoms with Crippen LogP contribution in [-0.2, 0) is 6.54 Å². The van der Waals surface area contributed by atoms with Gasteiger partial charge in [-0.3, -0.25) is 10.2 Å². The van der Waals surface area contributed by atoms with Crippen molar-refractivity contribution in [3.8, 4) is 0 Å². The van der Waals surface area contributed by atoms with E-state index in [0.717, 1.165) is 22.7 Å². The highest BCUT2D eigenvalue weighted by molar-refractivity contribution is 6.30. The Morgan fingerprint density at radius 3 is 2.74 bits per heavy atom. The summed E-state index contributed by atoms with van der Waals surface area (Å²) in [6, 6.07) is 19.8. The average Bonchev–Trinajstić information content (AvgIpc) is 3.36. The molecule has 1 fully saturated rings. The predicted molar refractivity (Wildman–Crippen MR) is 106 cm³/mol. The molecule has 0 spiro atoms. The minimum atomic E-state index is -0.115. The van der Waals surface area contributed by atoms with Crippen molar-refractivity contribution >= 4 is 17.5 Å². The standard InChI is InChI=1S/C21H21ClN4O/c22-17-8-4-7-15(9-17)18-13-25-26-20(18)16-10-19(23-12-16)21(27)24-11-14-5-2-1-3-6-14/h1-10,12,18,20,23,25-26H,11,13H2,(H,24,27). The minimum absolute atomic E-state index is 0.0652. The van der Waals surface area contributed by atoms with E-state index in [4.69, 9.17) is 11.6 Å². The molecular weight excluding hydrogens is 360 g/mol. The van der Waals surface area contributed by atoms with Crippen LogP contribution in [0.4, 0.5) is 0 Å². The van der Waals surface area contributed by atoms with Crippen LogP contribution in [0.5, 0.6) is 0 Å². The van der Waals surface area contributed by atoms with Crippen molar-refractivity contribution in [1.82, 2.24) is 21.2 Å². The molecule has 1 aliphatic heterocycles. The molecule has 2 aromatic carbocycles. The molecule has 1 amide bonds. The van der Waals surface area contributed by atoms with Gasteiger partial charge in [0.2, 0.25) is 0 Å². The molecule has 3 aromatic rings. The van der Waals surface area contributed by atoms with E-state index in [2.05, 4.69) is 27.2 Å². The summed E-state index contributed by atoms with van der Waals surface area (Å²) in [4.78, 5) is 15.5. The number of aromatic amines is 1. The zero-order chi connectivity index (χ0) is 18.6. The first-order valence-electron chi connectivity index (χ1n) is 8.95. The van der Waals surface area contributed by atoms with Gasteiger partial charge in [-0.05, 0) is 34.9 Å². The number of hydrogen-bond acceptors (Lipinski definition) is 3. The Morgan fingerprint density at radius 1 is 1.07 bits per heavy atom. The van der Waals surface area contributed by atoms with Crippen LogP contribution in [0.1, 0.15) is 39.1 Å². The quantitative estimate of drug-likeness (QED) is 0.547. The monoisotopic (exact) mass is 380 g/mol. The molecule has 0 aliphatic carbocycles. The summed E-state index contributed by atoms with van der Waals surface area (Å²) in [6.45, 7) is 1.30. The second-order valence-electron chi connectivity index (χ2n) is 6.68. The Kier molecular flexibility index (Phi) is 5.25. The van der Waals surface area contributed by atoms with E-state index in [1.54, 1.807) is 0 Å². The molecule has 2 atom stereocenters. The second kappa shape index (κ2) is 7.96. The third kappa shape index (κ3) is 4.06. The number of benzene rings is 2. The topological polar surface area (TPSA) is 69.0 Å². The van der Waals surface area contributed by atoms with Gasteiger partial charge in [0.25, 0.3) is 5.91 Å². The van der Waals surface area contributed by atoms with E-state index in [1.165, 1.54) is 5.56 Å². The number of aromatic nitrogens is 1. The molecule has 0 bridgehead atoms. The molecule has 4 rings (SSSR count). The van der Waals surface area contributed by atoms with Crippen LogP contribution in [0.15, 0.2) is 66.9 Å². The number of carbonyl (C=O) groups is 1. The first-order valence-corrected chi connectivity index (χ1v) is 9.33.